The number of carbonyl (C=O) groups excluding carboxylic acids is 2. The Kier molecular flexibility index (Phi) is 5.78. The highest BCUT2D eigenvalue weighted by molar-refractivity contribution is 7.10. The Labute approximate surface area is 178 Å². The first kappa shape index (κ1) is 20.4. The standard InChI is InChI=1S/C22H23NO6S/c1-27-15-8-7-13(11-16(15)28-2)20(24)18-19(17-6-4-10-30-17)23(22(26)21(18)25)12-14-5-3-9-29-14/h4,6-8,10-11,14,19,24H,3,5,9,12H2,1-2H3/b20-18-. The first-order valence-corrected chi connectivity index (χ1v) is 10.6. The zero-order chi connectivity index (χ0) is 21.3. The van der Waals surface area contributed by atoms with Crippen LogP contribution in [0.2, 0.25) is 0 Å². The summed E-state index contributed by atoms with van der Waals surface area (Å²) in [5.41, 5.74) is 0.456. The minimum absolute atomic E-state index is 0.0765. The fourth-order valence-corrected chi connectivity index (χ4v) is 4.80. The molecule has 30 heavy (non-hydrogen) atoms. The number of hydrogen-bond acceptors (Lipinski definition) is 7. The maximum Gasteiger partial charge on any atom is 0.295 e. The number of carbonyl (C=O) groups is 2. The minimum Gasteiger partial charge on any atom is -0.507 e. The summed E-state index contributed by atoms with van der Waals surface area (Å²) in [4.78, 5) is 28.2. The smallest absolute Gasteiger partial charge is 0.295 e. The molecule has 1 amide bonds. The van der Waals surface area contributed by atoms with Gasteiger partial charge in [0, 0.05) is 23.6 Å². The molecule has 2 saturated heterocycles. The van der Waals surface area contributed by atoms with Crippen LogP contribution in [0.5, 0.6) is 11.5 Å². The normalized spacial score (nSPS) is 23.2. The molecule has 2 aliphatic heterocycles. The van der Waals surface area contributed by atoms with Crippen LogP contribution in [0, 0.1) is 0 Å². The number of benzene rings is 1. The van der Waals surface area contributed by atoms with E-state index in [0.717, 1.165) is 17.7 Å². The van der Waals surface area contributed by atoms with Crippen molar-refractivity contribution < 1.29 is 28.9 Å². The van der Waals surface area contributed by atoms with Crippen LogP contribution in [0.15, 0.2) is 41.3 Å². The first-order chi connectivity index (χ1) is 14.5. The van der Waals surface area contributed by atoms with Crippen molar-refractivity contribution in [1.82, 2.24) is 4.90 Å². The van der Waals surface area contributed by atoms with Gasteiger partial charge in [-0.3, -0.25) is 9.59 Å². The molecule has 0 spiro atoms. The lowest BCUT2D eigenvalue weighted by Crippen LogP contribution is -2.36. The number of amides is 1. The molecule has 2 fully saturated rings. The predicted molar refractivity (Wildman–Crippen MR) is 112 cm³/mol. The summed E-state index contributed by atoms with van der Waals surface area (Å²) in [6.45, 7) is 0.972. The SMILES string of the molecule is COc1ccc(/C(O)=C2/C(=O)C(=O)N(CC3CCCO3)C2c2cccs2)cc1OC. The summed E-state index contributed by atoms with van der Waals surface area (Å²) in [7, 11) is 3.01. The van der Waals surface area contributed by atoms with Crippen molar-refractivity contribution in [2.24, 2.45) is 0 Å². The van der Waals surface area contributed by atoms with Gasteiger partial charge < -0.3 is 24.2 Å². The molecule has 2 atom stereocenters. The van der Waals surface area contributed by atoms with Gasteiger partial charge in [0.1, 0.15) is 5.76 Å². The molecule has 0 saturated carbocycles. The molecule has 7 nitrogen and oxygen atoms in total. The van der Waals surface area contributed by atoms with Crippen LogP contribution >= 0.6 is 11.3 Å². The Hall–Kier alpha value is -2.84. The number of likely N-dealkylation sites (tertiary alicyclic amines) is 1. The van der Waals surface area contributed by atoms with Gasteiger partial charge in [-0.25, -0.2) is 0 Å². The Morgan fingerprint density at radius 1 is 1.23 bits per heavy atom. The molecule has 2 unspecified atom stereocenters. The minimum atomic E-state index is -0.696. The van der Waals surface area contributed by atoms with Crippen LogP contribution in [0.1, 0.15) is 29.3 Å². The zero-order valence-corrected chi connectivity index (χ0v) is 17.6. The van der Waals surface area contributed by atoms with E-state index in [1.165, 1.54) is 30.5 Å². The van der Waals surface area contributed by atoms with Gasteiger partial charge in [0.2, 0.25) is 0 Å². The van der Waals surface area contributed by atoms with Crippen LogP contribution in [0.3, 0.4) is 0 Å². The number of ether oxygens (including phenoxy) is 3. The molecule has 8 heteroatoms. The van der Waals surface area contributed by atoms with Crippen molar-refractivity contribution in [1.29, 1.82) is 0 Å². The lowest BCUT2D eigenvalue weighted by Gasteiger charge is -2.26. The van der Waals surface area contributed by atoms with E-state index < -0.39 is 17.7 Å². The zero-order valence-electron chi connectivity index (χ0n) is 16.8. The lowest BCUT2D eigenvalue weighted by molar-refractivity contribution is -0.140. The molecule has 4 rings (SSSR count). The number of ketones is 1. The highest BCUT2D eigenvalue weighted by atomic mass is 32.1. The monoisotopic (exact) mass is 429 g/mol. The summed E-state index contributed by atoms with van der Waals surface area (Å²) >= 11 is 1.44. The number of nitrogens with zero attached hydrogens (tertiary/aromatic N) is 1. The fourth-order valence-electron chi connectivity index (χ4n) is 3.96. The topological polar surface area (TPSA) is 85.3 Å². The molecule has 1 aromatic heterocycles. The highest BCUT2D eigenvalue weighted by Crippen LogP contribution is 2.42. The van der Waals surface area contributed by atoms with Gasteiger partial charge in [-0.05, 0) is 42.5 Å². The quantitative estimate of drug-likeness (QED) is 0.431. The molecular formula is C22H23NO6S. The third-order valence-electron chi connectivity index (χ3n) is 5.43. The average molecular weight is 429 g/mol. The summed E-state index contributed by atoms with van der Waals surface area (Å²) in [6, 6.07) is 7.95. The lowest BCUT2D eigenvalue weighted by atomic mass is 9.99. The van der Waals surface area contributed by atoms with Crippen molar-refractivity contribution in [3.63, 3.8) is 0 Å². The maximum absolute atomic E-state index is 13.0. The second-order valence-corrected chi connectivity index (χ2v) is 8.15. The predicted octanol–water partition coefficient (Wildman–Crippen LogP) is 3.37. The van der Waals surface area contributed by atoms with Crippen molar-refractivity contribution in [3.8, 4) is 11.5 Å². The molecule has 1 aromatic carbocycles. The summed E-state index contributed by atoms with van der Waals surface area (Å²) < 4.78 is 16.2. The molecule has 158 valence electrons. The van der Waals surface area contributed by atoms with E-state index in [2.05, 4.69) is 0 Å². The average Bonchev–Trinajstić information content (AvgIpc) is 3.52. The van der Waals surface area contributed by atoms with E-state index in [4.69, 9.17) is 14.2 Å². The van der Waals surface area contributed by atoms with Gasteiger partial charge in [0.15, 0.2) is 11.5 Å². The number of aliphatic hydroxyl groups excluding tert-OH is 1. The molecule has 1 N–H and O–H groups in total. The maximum atomic E-state index is 13.0. The Morgan fingerprint density at radius 2 is 2.03 bits per heavy atom. The summed E-state index contributed by atoms with van der Waals surface area (Å²) in [5, 5.41) is 13.0. The highest BCUT2D eigenvalue weighted by Gasteiger charge is 2.47. The van der Waals surface area contributed by atoms with Crippen molar-refractivity contribution >= 4 is 28.8 Å². The Morgan fingerprint density at radius 3 is 2.67 bits per heavy atom. The molecule has 3 heterocycles. The number of thiophene rings is 1. The van der Waals surface area contributed by atoms with Crippen LogP contribution in [-0.2, 0) is 14.3 Å². The molecule has 2 aromatic rings. The van der Waals surface area contributed by atoms with Crippen LogP contribution < -0.4 is 9.47 Å². The van der Waals surface area contributed by atoms with Gasteiger partial charge in [0.25, 0.3) is 11.7 Å². The molecule has 0 radical (unpaired) electrons. The van der Waals surface area contributed by atoms with E-state index in [1.54, 1.807) is 18.2 Å². The largest absolute Gasteiger partial charge is 0.507 e. The van der Waals surface area contributed by atoms with E-state index in [1.807, 2.05) is 17.5 Å². The van der Waals surface area contributed by atoms with Crippen LogP contribution in [0.4, 0.5) is 0 Å². The summed E-state index contributed by atoms with van der Waals surface area (Å²) in [6.07, 6.45) is 1.67. The van der Waals surface area contributed by atoms with Gasteiger partial charge in [-0.2, -0.15) is 0 Å². The number of hydrogen-bond donors (Lipinski definition) is 1. The van der Waals surface area contributed by atoms with Gasteiger partial charge in [-0.15, -0.1) is 11.3 Å². The third kappa shape index (κ3) is 3.57. The number of aliphatic hydroxyl groups is 1. The number of rotatable bonds is 6. The van der Waals surface area contributed by atoms with E-state index in [9.17, 15) is 14.7 Å². The molecular weight excluding hydrogens is 406 g/mol. The van der Waals surface area contributed by atoms with Gasteiger partial charge in [0.05, 0.1) is 31.9 Å². The first-order valence-electron chi connectivity index (χ1n) is 9.71. The second kappa shape index (κ2) is 8.49. The molecule has 0 aliphatic carbocycles. The number of Topliss-reactive ketones (excluding diaryl/α,β-unsaturated/α-hetero) is 1. The van der Waals surface area contributed by atoms with Crippen molar-refractivity contribution in [2.45, 2.75) is 25.0 Å². The fraction of sp³-hybridized carbons (Fsp3) is 0.364. The van der Waals surface area contributed by atoms with E-state index in [-0.39, 0.29) is 17.4 Å². The third-order valence-corrected chi connectivity index (χ3v) is 6.36. The number of methoxy groups -OCH3 is 2. The van der Waals surface area contributed by atoms with Crippen molar-refractivity contribution in [3.05, 3.63) is 51.7 Å². The van der Waals surface area contributed by atoms with E-state index in [0.29, 0.717) is 30.2 Å². The van der Waals surface area contributed by atoms with Crippen LogP contribution in [0.25, 0.3) is 5.76 Å². The van der Waals surface area contributed by atoms with E-state index >= 15 is 0 Å². The Balaban J connectivity index is 1.79. The second-order valence-electron chi connectivity index (χ2n) is 7.17. The Bertz CT molecular complexity index is 978. The molecule has 2 aliphatic rings. The van der Waals surface area contributed by atoms with Gasteiger partial charge in [-0.1, -0.05) is 6.07 Å². The summed E-state index contributed by atoms with van der Waals surface area (Å²) in [5.74, 6) is -0.627. The van der Waals surface area contributed by atoms with Crippen LogP contribution in [-0.4, -0.2) is 55.2 Å². The molecule has 0 bridgehead atoms. The van der Waals surface area contributed by atoms with Gasteiger partial charge >= 0.3 is 0 Å². The van der Waals surface area contributed by atoms with Crippen molar-refractivity contribution in [2.75, 3.05) is 27.4 Å².